The maximum absolute atomic E-state index is 10.6. The van der Waals surface area contributed by atoms with Crippen molar-refractivity contribution < 1.29 is 9.90 Å². The van der Waals surface area contributed by atoms with Crippen molar-refractivity contribution in [2.45, 2.75) is 96.4 Å². The van der Waals surface area contributed by atoms with Gasteiger partial charge < -0.3 is 15.2 Å². The van der Waals surface area contributed by atoms with Gasteiger partial charge in [-0.3, -0.25) is 0 Å². The summed E-state index contributed by atoms with van der Waals surface area (Å²) in [6, 6.07) is 0.239. The van der Waals surface area contributed by atoms with Crippen LogP contribution < -0.4 is 5.32 Å². The van der Waals surface area contributed by atoms with E-state index >= 15 is 0 Å². The lowest BCUT2D eigenvalue weighted by molar-refractivity contribution is -0.108. The molecule has 0 spiro atoms. The average Bonchev–Trinajstić information content (AvgIpc) is 2.56. The van der Waals surface area contributed by atoms with Crippen molar-refractivity contribution in [1.82, 2.24) is 5.32 Å². The van der Waals surface area contributed by atoms with Crippen molar-refractivity contribution >= 4 is 6.29 Å². The molecule has 0 aliphatic carbocycles. The summed E-state index contributed by atoms with van der Waals surface area (Å²) in [6.07, 6.45) is 21.5. The van der Waals surface area contributed by atoms with E-state index in [4.69, 9.17) is 5.11 Å². The second-order valence-corrected chi connectivity index (χ2v) is 6.44. The van der Waals surface area contributed by atoms with Crippen LogP contribution in [0.25, 0.3) is 0 Å². The second kappa shape index (κ2) is 19.4. The van der Waals surface area contributed by atoms with Crippen LogP contribution in [0.3, 0.4) is 0 Å². The fraction of sp³-hybridized carbons (Fsp3) is 0.850. The van der Waals surface area contributed by atoms with Gasteiger partial charge in [-0.2, -0.15) is 0 Å². The Balaban J connectivity index is 3.36. The Morgan fingerprint density at radius 2 is 1.52 bits per heavy atom. The third-order valence-corrected chi connectivity index (χ3v) is 4.24. The number of aliphatic hydroxyl groups is 1. The predicted molar refractivity (Wildman–Crippen MR) is 99.8 cm³/mol. The largest absolute Gasteiger partial charge is 0.395 e. The molecule has 0 fully saturated rings. The van der Waals surface area contributed by atoms with E-state index in [0.29, 0.717) is 13.0 Å². The van der Waals surface area contributed by atoms with E-state index in [1.165, 1.54) is 64.2 Å². The molecule has 2 N–H and O–H groups in total. The van der Waals surface area contributed by atoms with Crippen molar-refractivity contribution in [3.05, 3.63) is 12.2 Å². The van der Waals surface area contributed by atoms with Gasteiger partial charge >= 0.3 is 0 Å². The first kappa shape index (κ1) is 22.3. The lowest BCUT2D eigenvalue weighted by Gasteiger charge is -2.15. The van der Waals surface area contributed by atoms with Crippen molar-refractivity contribution in [1.29, 1.82) is 0 Å². The lowest BCUT2D eigenvalue weighted by atomic mass is 10.0. The predicted octanol–water partition coefficient (Wildman–Crippen LogP) is 4.78. The minimum atomic E-state index is 0.138. The molecule has 136 valence electrons. The van der Waals surface area contributed by atoms with E-state index in [0.717, 1.165) is 19.1 Å². The summed E-state index contributed by atoms with van der Waals surface area (Å²) in [5.41, 5.74) is 0. The van der Waals surface area contributed by atoms with Gasteiger partial charge in [-0.1, -0.05) is 64.0 Å². The highest BCUT2D eigenvalue weighted by Crippen LogP contribution is 2.10. The molecule has 0 saturated carbocycles. The Labute approximate surface area is 143 Å². The number of nitrogens with one attached hydrogen (secondary N) is 1. The molecule has 1 atom stereocenters. The zero-order valence-corrected chi connectivity index (χ0v) is 15.3. The summed E-state index contributed by atoms with van der Waals surface area (Å²) < 4.78 is 0. The molecule has 0 radical (unpaired) electrons. The number of carbonyl (C=O) groups is 1. The van der Waals surface area contributed by atoms with Crippen LogP contribution in [0.5, 0.6) is 0 Å². The van der Waals surface area contributed by atoms with Gasteiger partial charge in [0.25, 0.3) is 0 Å². The number of carbonyl (C=O) groups excluding carboxylic acids is 1. The van der Waals surface area contributed by atoms with Gasteiger partial charge in [0.2, 0.25) is 0 Å². The van der Waals surface area contributed by atoms with Gasteiger partial charge in [-0.15, -0.1) is 0 Å². The molecule has 0 rings (SSSR count). The summed E-state index contributed by atoms with van der Waals surface area (Å²) in [7, 11) is 0. The minimum absolute atomic E-state index is 0.138. The number of unbranched alkanes of at least 4 members (excludes halogenated alkanes) is 9. The van der Waals surface area contributed by atoms with Crippen molar-refractivity contribution in [2.24, 2.45) is 0 Å². The Bertz CT molecular complexity index is 266. The molecular weight excluding hydrogens is 286 g/mol. The second-order valence-electron chi connectivity index (χ2n) is 6.44. The highest BCUT2D eigenvalue weighted by Gasteiger charge is 2.06. The van der Waals surface area contributed by atoms with Crippen LogP contribution >= 0.6 is 0 Å². The third-order valence-electron chi connectivity index (χ3n) is 4.24. The summed E-state index contributed by atoms with van der Waals surface area (Å²) in [6.45, 7) is 2.98. The smallest absolute Gasteiger partial charge is 0.121 e. The number of aldehydes is 1. The van der Waals surface area contributed by atoms with Crippen LogP contribution in [0, 0.1) is 0 Å². The molecule has 0 aliphatic rings. The van der Waals surface area contributed by atoms with Gasteiger partial charge in [0.15, 0.2) is 0 Å². The zero-order valence-electron chi connectivity index (χ0n) is 15.3. The van der Waals surface area contributed by atoms with Gasteiger partial charge in [-0.25, -0.2) is 0 Å². The SMILES string of the molecule is CCCCCCCCC=CCCCCCC(CC=O)NCCO. The lowest BCUT2D eigenvalue weighted by Crippen LogP contribution is -2.31. The summed E-state index contributed by atoms with van der Waals surface area (Å²) in [5, 5.41) is 12.0. The van der Waals surface area contributed by atoms with Crippen molar-refractivity contribution in [3.8, 4) is 0 Å². The maximum atomic E-state index is 10.6. The average molecular weight is 326 g/mol. The fourth-order valence-electron chi connectivity index (χ4n) is 2.80. The fourth-order valence-corrected chi connectivity index (χ4v) is 2.80. The highest BCUT2D eigenvalue weighted by molar-refractivity contribution is 5.50. The van der Waals surface area contributed by atoms with Crippen LogP contribution in [-0.4, -0.2) is 30.6 Å². The third kappa shape index (κ3) is 17.5. The molecule has 0 aromatic heterocycles. The molecule has 0 heterocycles. The van der Waals surface area contributed by atoms with Crippen molar-refractivity contribution in [3.63, 3.8) is 0 Å². The molecule has 0 aromatic rings. The van der Waals surface area contributed by atoms with E-state index in [1.807, 2.05) is 0 Å². The molecule has 1 unspecified atom stereocenters. The number of hydrogen-bond acceptors (Lipinski definition) is 3. The number of hydrogen-bond donors (Lipinski definition) is 2. The van der Waals surface area contributed by atoms with E-state index in [9.17, 15) is 4.79 Å². The Hall–Kier alpha value is -0.670. The topological polar surface area (TPSA) is 49.3 Å². The van der Waals surface area contributed by atoms with Crippen LogP contribution in [0.15, 0.2) is 12.2 Å². The maximum Gasteiger partial charge on any atom is 0.121 e. The standard InChI is InChI=1S/C20H39NO2/c1-2-3-4-5-6-7-8-9-10-11-12-13-14-15-20(16-18-22)21-17-19-23/h9-10,18,20-21,23H,2-8,11-17,19H2,1H3. The Morgan fingerprint density at radius 3 is 2.13 bits per heavy atom. The summed E-state index contributed by atoms with van der Waals surface area (Å²) in [5.74, 6) is 0. The van der Waals surface area contributed by atoms with Crippen LogP contribution in [0.4, 0.5) is 0 Å². The molecular formula is C20H39NO2. The first-order chi connectivity index (χ1) is 11.3. The van der Waals surface area contributed by atoms with Crippen LogP contribution in [-0.2, 0) is 4.79 Å². The Kier molecular flexibility index (Phi) is 18.8. The van der Waals surface area contributed by atoms with E-state index < -0.39 is 0 Å². The van der Waals surface area contributed by atoms with Gasteiger partial charge in [0, 0.05) is 19.0 Å². The number of aliphatic hydroxyl groups excluding tert-OH is 1. The minimum Gasteiger partial charge on any atom is -0.395 e. The molecule has 23 heavy (non-hydrogen) atoms. The summed E-state index contributed by atoms with van der Waals surface area (Å²) >= 11 is 0. The molecule has 0 aromatic carbocycles. The van der Waals surface area contributed by atoms with Gasteiger partial charge in [-0.05, 0) is 32.1 Å². The van der Waals surface area contributed by atoms with Gasteiger partial charge in [0.05, 0.1) is 6.61 Å². The molecule has 3 nitrogen and oxygen atoms in total. The summed E-state index contributed by atoms with van der Waals surface area (Å²) in [4.78, 5) is 10.6. The highest BCUT2D eigenvalue weighted by atomic mass is 16.3. The van der Waals surface area contributed by atoms with Crippen LogP contribution in [0.1, 0.15) is 90.4 Å². The molecule has 0 amide bonds. The van der Waals surface area contributed by atoms with E-state index in [-0.39, 0.29) is 12.6 Å². The normalized spacial score (nSPS) is 12.8. The first-order valence-corrected chi connectivity index (χ1v) is 9.78. The number of rotatable bonds is 18. The monoisotopic (exact) mass is 325 g/mol. The molecule has 3 heteroatoms. The number of allylic oxidation sites excluding steroid dienone is 2. The van der Waals surface area contributed by atoms with E-state index in [1.54, 1.807) is 0 Å². The van der Waals surface area contributed by atoms with Gasteiger partial charge in [0.1, 0.15) is 6.29 Å². The van der Waals surface area contributed by atoms with Crippen LogP contribution in [0.2, 0.25) is 0 Å². The quantitative estimate of drug-likeness (QED) is 0.216. The molecule has 0 saturated heterocycles. The zero-order chi connectivity index (χ0) is 17.0. The molecule has 0 aliphatic heterocycles. The molecule has 0 bridgehead atoms. The first-order valence-electron chi connectivity index (χ1n) is 9.78. The van der Waals surface area contributed by atoms with E-state index in [2.05, 4.69) is 24.4 Å². The van der Waals surface area contributed by atoms with Crippen molar-refractivity contribution in [2.75, 3.05) is 13.2 Å². The Morgan fingerprint density at radius 1 is 0.913 bits per heavy atom.